The maximum absolute atomic E-state index is 5.41. The topological polar surface area (TPSA) is 54.7 Å². The molecule has 0 aliphatic carbocycles. The first-order valence-corrected chi connectivity index (χ1v) is 7.81. The van der Waals surface area contributed by atoms with Crippen molar-refractivity contribution in [2.75, 3.05) is 36.5 Å². The monoisotopic (exact) mass is 309 g/mol. The number of aryl methyl sites for hydroxylation is 1. The summed E-state index contributed by atoms with van der Waals surface area (Å²) >= 11 is 0. The average molecular weight is 309 g/mol. The van der Waals surface area contributed by atoms with Gasteiger partial charge in [0.2, 0.25) is 0 Å². The zero-order valence-electron chi connectivity index (χ0n) is 13.1. The molecule has 0 bridgehead atoms. The van der Waals surface area contributed by atoms with Gasteiger partial charge in [0.15, 0.2) is 11.5 Å². The van der Waals surface area contributed by atoms with Crippen LogP contribution in [0.4, 0.5) is 17.3 Å². The highest BCUT2D eigenvalue weighted by atomic mass is 16.5. The Labute approximate surface area is 134 Å². The van der Waals surface area contributed by atoms with Crippen molar-refractivity contribution in [1.82, 2.24) is 14.6 Å². The Morgan fingerprint density at radius 2 is 1.91 bits per heavy atom. The molecule has 118 valence electrons. The number of fused-ring (bicyclic) bond motifs is 1. The van der Waals surface area contributed by atoms with Crippen molar-refractivity contribution < 1.29 is 4.74 Å². The molecule has 1 aromatic carbocycles. The van der Waals surface area contributed by atoms with E-state index in [1.165, 1.54) is 5.56 Å². The van der Waals surface area contributed by atoms with Crippen molar-refractivity contribution in [3.05, 3.63) is 48.2 Å². The number of benzene rings is 1. The van der Waals surface area contributed by atoms with Crippen LogP contribution in [-0.4, -0.2) is 40.9 Å². The molecule has 0 spiro atoms. The summed E-state index contributed by atoms with van der Waals surface area (Å²) in [7, 11) is 0. The summed E-state index contributed by atoms with van der Waals surface area (Å²) in [5.74, 6) is 1.82. The average Bonchev–Trinajstić information content (AvgIpc) is 3.00. The Balaban J connectivity index is 1.68. The van der Waals surface area contributed by atoms with E-state index in [1.54, 1.807) is 0 Å². The number of anilines is 3. The van der Waals surface area contributed by atoms with Gasteiger partial charge in [-0.3, -0.25) is 0 Å². The van der Waals surface area contributed by atoms with Crippen LogP contribution in [-0.2, 0) is 4.74 Å². The van der Waals surface area contributed by atoms with Crippen LogP contribution >= 0.6 is 0 Å². The lowest BCUT2D eigenvalue weighted by Crippen LogP contribution is -2.37. The smallest absolute Gasteiger partial charge is 0.156 e. The predicted octanol–water partition coefficient (Wildman–Crippen LogP) is 2.62. The zero-order chi connectivity index (χ0) is 15.6. The normalized spacial score (nSPS) is 15.1. The lowest BCUT2D eigenvalue weighted by molar-refractivity contribution is 0.122. The van der Waals surface area contributed by atoms with Crippen molar-refractivity contribution >= 4 is 23.0 Å². The second-order valence-corrected chi connectivity index (χ2v) is 5.64. The second-order valence-electron chi connectivity index (χ2n) is 5.64. The van der Waals surface area contributed by atoms with Crippen molar-refractivity contribution in [3.63, 3.8) is 0 Å². The highest BCUT2D eigenvalue weighted by Crippen LogP contribution is 2.22. The Morgan fingerprint density at radius 3 is 2.74 bits per heavy atom. The first kappa shape index (κ1) is 14.0. The molecule has 23 heavy (non-hydrogen) atoms. The van der Waals surface area contributed by atoms with Gasteiger partial charge in [-0.05, 0) is 30.7 Å². The number of rotatable bonds is 3. The second kappa shape index (κ2) is 5.89. The van der Waals surface area contributed by atoms with E-state index in [4.69, 9.17) is 9.84 Å². The van der Waals surface area contributed by atoms with Gasteiger partial charge in [0, 0.05) is 18.8 Å². The summed E-state index contributed by atoms with van der Waals surface area (Å²) in [6.07, 6.45) is 1.82. The van der Waals surface area contributed by atoms with Crippen molar-refractivity contribution in [1.29, 1.82) is 0 Å². The number of hydrogen-bond donors (Lipinski definition) is 1. The molecular weight excluding hydrogens is 290 g/mol. The minimum Gasteiger partial charge on any atom is -0.378 e. The van der Waals surface area contributed by atoms with Crippen LogP contribution in [0, 0.1) is 6.92 Å². The van der Waals surface area contributed by atoms with Gasteiger partial charge in [0.1, 0.15) is 5.82 Å². The van der Waals surface area contributed by atoms with Crippen LogP contribution in [0.15, 0.2) is 42.6 Å². The predicted molar refractivity (Wildman–Crippen MR) is 90.5 cm³/mol. The van der Waals surface area contributed by atoms with Gasteiger partial charge in [-0.25, -0.2) is 4.98 Å². The van der Waals surface area contributed by atoms with E-state index in [2.05, 4.69) is 34.3 Å². The number of imidazole rings is 1. The molecule has 4 rings (SSSR count). The molecule has 1 aliphatic rings. The Kier molecular flexibility index (Phi) is 3.59. The third-order valence-corrected chi connectivity index (χ3v) is 4.09. The van der Waals surface area contributed by atoms with Crippen LogP contribution in [0.5, 0.6) is 0 Å². The first-order chi connectivity index (χ1) is 11.3. The fraction of sp³-hybridized carbons (Fsp3) is 0.294. The van der Waals surface area contributed by atoms with E-state index in [-0.39, 0.29) is 0 Å². The molecule has 1 saturated heterocycles. The largest absolute Gasteiger partial charge is 0.378 e. The molecule has 3 heterocycles. The summed E-state index contributed by atoms with van der Waals surface area (Å²) in [4.78, 5) is 6.66. The third-order valence-electron chi connectivity index (χ3n) is 4.09. The Hall–Kier alpha value is -2.60. The lowest BCUT2D eigenvalue weighted by atomic mass is 10.2. The minimum absolute atomic E-state index is 0.748. The molecule has 0 atom stereocenters. The fourth-order valence-corrected chi connectivity index (χ4v) is 2.76. The first-order valence-electron chi connectivity index (χ1n) is 7.81. The van der Waals surface area contributed by atoms with E-state index in [1.807, 2.05) is 35.0 Å². The zero-order valence-corrected chi connectivity index (χ0v) is 13.1. The van der Waals surface area contributed by atoms with E-state index < -0.39 is 0 Å². The van der Waals surface area contributed by atoms with E-state index in [0.29, 0.717) is 0 Å². The summed E-state index contributed by atoms with van der Waals surface area (Å²) in [6, 6.07) is 12.2. The number of morpholine rings is 1. The molecule has 1 aliphatic heterocycles. The number of aromatic nitrogens is 3. The van der Waals surface area contributed by atoms with Crippen LogP contribution in [0.3, 0.4) is 0 Å². The summed E-state index contributed by atoms with van der Waals surface area (Å²) in [5, 5.41) is 8.17. The van der Waals surface area contributed by atoms with Crippen LogP contribution in [0.2, 0.25) is 0 Å². The Morgan fingerprint density at radius 1 is 1.09 bits per heavy atom. The van der Waals surface area contributed by atoms with Crippen LogP contribution < -0.4 is 10.2 Å². The molecule has 2 aromatic heterocycles. The van der Waals surface area contributed by atoms with Gasteiger partial charge in [-0.2, -0.15) is 4.52 Å². The standard InChI is InChI=1S/C17H19N5O/c1-13-4-2-3-5-14(13)19-17-12-18-15-6-7-16(20-22(15)17)21-8-10-23-11-9-21/h2-7,12,19H,8-11H2,1H3. The third kappa shape index (κ3) is 2.73. The van der Waals surface area contributed by atoms with E-state index in [9.17, 15) is 0 Å². The molecule has 0 radical (unpaired) electrons. The molecule has 0 amide bonds. The van der Waals surface area contributed by atoms with Gasteiger partial charge in [0.05, 0.1) is 19.4 Å². The molecule has 6 nitrogen and oxygen atoms in total. The summed E-state index contributed by atoms with van der Waals surface area (Å²) < 4.78 is 7.27. The summed E-state index contributed by atoms with van der Waals surface area (Å²) in [6.45, 7) is 5.32. The SMILES string of the molecule is Cc1ccccc1Nc1cnc2ccc(N3CCOCC3)nn12. The van der Waals surface area contributed by atoms with Gasteiger partial charge in [-0.1, -0.05) is 18.2 Å². The number of hydrogen-bond acceptors (Lipinski definition) is 5. The van der Waals surface area contributed by atoms with Crippen molar-refractivity contribution in [3.8, 4) is 0 Å². The molecule has 1 fully saturated rings. The number of nitrogens with one attached hydrogen (secondary N) is 1. The maximum atomic E-state index is 5.41. The van der Waals surface area contributed by atoms with Crippen LogP contribution in [0.25, 0.3) is 5.65 Å². The quantitative estimate of drug-likeness (QED) is 0.806. The summed E-state index contributed by atoms with van der Waals surface area (Å²) in [5.41, 5.74) is 3.08. The maximum Gasteiger partial charge on any atom is 0.156 e. The highest BCUT2D eigenvalue weighted by Gasteiger charge is 2.14. The van der Waals surface area contributed by atoms with Gasteiger partial charge < -0.3 is 15.0 Å². The van der Waals surface area contributed by atoms with Crippen LogP contribution in [0.1, 0.15) is 5.56 Å². The van der Waals surface area contributed by atoms with Crippen molar-refractivity contribution in [2.45, 2.75) is 6.92 Å². The van der Waals surface area contributed by atoms with Gasteiger partial charge in [0.25, 0.3) is 0 Å². The molecular formula is C17H19N5O. The van der Waals surface area contributed by atoms with Gasteiger partial charge in [-0.15, -0.1) is 5.10 Å². The molecule has 1 N–H and O–H groups in total. The molecule has 0 saturated carbocycles. The van der Waals surface area contributed by atoms with Crippen molar-refractivity contribution in [2.24, 2.45) is 0 Å². The molecule has 0 unspecified atom stereocenters. The molecule has 6 heteroatoms. The fourth-order valence-electron chi connectivity index (χ4n) is 2.76. The van der Waals surface area contributed by atoms with E-state index >= 15 is 0 Å². The number of nitrogens with zero attached hydrogens (tertiary/aromatic N) is 4. The van der Waals surface area contributed by atoms with Gasteiger partial charge >= 0.3 is 0 Å². The lowest BCUT2D eigenvalue weighted by Gasteiger charge is -2.27. The number of para-hydroxylation sites is 1. The van der Waals surface area contributed by atoms with E-state index in [0.717, 1.165) is 49.3 Å². The minimum atomic E-state index is 0.748. The highest BCUT2D eigenvalue weighted by molar-refractivity contribution is 5.63. The number of ether oxygens (including phenoxy) is 1. The molecule has 3 aromatic rings. The Bertz CT molecular complexity index is 823.